The standard InChI is InChI=1S/C11H9Cl2NO2/c1-5-9-8(16-11(5)13)4-3-7(12)10(9)14-6(2)15/h3-4H,1-2H3,(H,14,15). The van der Waals surface area contributed by atoms with Crippen LogP contribution in [0.4, 0.5) is 5.69 Å². The molecular weight excluding hydrogens is 249 g/mol. The number of amides is 1. The van der Waals surface area contributed by atoms with E-state index in [1.165, 1.54) is 6.92 Å². The van der Waals surface area contributed by atoms with Crippen molar-refractivity contribution in [3.63, 3.8) is 0 Å². The van der Waals surface area contributed by atoms with Gasteiger partial charge >= 0.3 is 0 Å². The van der Waals surface area contributed by atoms with Gasteiger partial charge in [0.2, 0.25) is 5.91 Å². The summed E-state index contributed by atoms with van der Waals surface area (Å²) in [7, 11) is 0. The summed E-state index contributed by atoms with van der Waals surface area (Å²) in [5.74, 6) is -0.189. The van der Waals surface area contributed by atoms with Crippen LogP contribution in [-0.4, -0.2) is 5.91 Å². The number of aryl methyl sites for hydroxylation is 1. The Morgan fingerprint density at radius 3 is 2.69 bits per heavy atom. The number of rotatable bonds is 1. The van der Waals surface area contributed by atoms with Crippen molar-refractivity contribution in [2.75, 3.05) is 5.32 Å². The van der Waals surface area contributed by atoms with Crippen LogP contribution in [0, 0.1) is 6.92 Å². The van der Waals surface area contributed by atoms with Crippen molar-refractivity contribution in [1.82, 2.24) is 0 Å². The van der Waals surface area contributed by atoms with Crippen molar-refractivity contribution >= 4 is 45.8 Å². The molecule has 0 spiro atoms. The summed E-state index contributed by atoms with van der Waals surface area (Å²) in [4.78, 5) is 11.1. The minimum Gasteiger partial charge on any atom is -0.444 e. The molecule has 0 saturated heterocycles. The minimum absolute atomic E-state index is 0.189. The van der Waals surface area contributed by atoms with Gasteiger partial charge in [0.15, 0.2) is 5.22 Å². The van der Waals surface area contributed by atoms with Crippen molar-refractivity contribution in [1.29, 1.82) is 0 Å². The molecule has 1 heterocycles. The highest BCUT2D eigenvalue weighted by Crippen LogP contribution is 2.38. The molecule has 1 aromatic carbocycles. The lowest BCUT2D eigenvalue weighted by molar-refractivity contribution is -0.114. The maximum Gasteiger partial charge on any atom is 0.221 e. The van der Waals surface area contributed by atoms with Crippen molar-refractivity contribution in [3.8, 4) is 0 Å². The quantitative estimate of drug-likeness (QED) is 0.839. The molecule has 0 unspecified atom stereocenters. The minimum atomic E-state index is -0.189. The lowest BCUT2D eigenvalue weighted by atomic mass is 10.1. The van der Waals surface area contributed by atoms with Crippen molar-refractivity contribution in [3.05, 3.63) is 27.9 Å². The summed E-state index contributed by atoms with van der Waals surface area (Å²) < 4.78 is 5.33. The number of furan rings is 1. The molecule has 84 valence electrons. The van der Waals surface area contributed by atoms with Crippen LogP contribution in [0.1, 0.15) is 12.5 Å². The molecule has 0 atom stereocenters. The van der Waals surface area contributed by atoms with Gasteiger partial charge < -0.3 is 9.73 Å². The van der Waals surface area contributed by atoms with E-state index < -0.39 is 0 Å². The molecule has 1 aromatic heterocycles. The number of carbonyl (C=O) groups excluding carboxylic acids is 1. The molecule has 0 aliphatic heterocycles. The highest BCUT2D eigenvalue weighted by molar-refractivity contribution is 6.36. The van der Waals surface area contributed by atoms with Gasteiger partial charge in [-0.25, -0.2) is 0 Å². The summed E-state index contributed by atoms with van der Waals surface area (Å²) >= 11 is 11.9. The number of carbonyl (C=O) groups is 1. The van der Waals surface area contributed by atoms with Crippen molar-refractivity contribution in [2.45, 2.75) is 13.8 Å². The number of hydrogen-bond donors (Lipinski definition) is 1. The van der Waals surface area contributed by atoms with Crippen LogP contribution >= 0.6 is 23.2 Å². The van der Waals surface area contributed by atoms with Crippen LogP contribution < -0.4 is 5.32 Å². The van der Waals surface area contributed by atoms with Gasteiger partial charge in [-0.05, 0) is 30.7 Å². The summed E-state index contributed by atoms with van der Waals surface area (Å²) in [6.45, 7) is 3.24. The molecule has 16 heavy (non-hydrogen) atoms. The Balaban J connectivity index is 2.77. The lowest BCUT2D eigenvalue weighted by Crippen LogP contribution is -2.06. The smallest absolute Gasteiger partial charge is 0.221 e. The summed E-state index contributed by atoms with van der Waals surface area (Å²) in [5.41, 5.74) is 1.92. The van der Waals surface area contributed by atoms with Gasteiger partial charge in [0.05, 0.1) is 10.7 Å². The van der Waals surface area contributed by atoms with E-state index in [4.69, 9.17) is 27.6 Å². The Morgan fingerprint density at radius 2 is 2.06 bits per heavy atom. The van der Waals surface area contributed by atoms with Gasteiger partial charge in [0, 0.05) is 17.9 Å². The number of halogens is 2. The molecule has 3 nitrogen and oxygen atoms in total. The molecule has 1 amide bonds. The third-order valence-electron chi connectivity index (χ3n) is 2.29. The highest BCUT2D eigenvalue weighted by Gasteiger charge is 2.15. The molecule has 0 saturated carbocycles. The molecule has 5 heteroatoms. The van der Waals surface area contributed by atoms with Crippen LogP contribution in [0.3, 0.4) is 0 Å². The monoisotopic (exact) mass is 257 g/mol. The van der Waals surface area contributed by atoms with E-state index in [0.717, 1.165) is 10.9 Å². The third-order valence-corrected chi connectivity index (χ3v) is 2.96. The second kappa shape index (κ2) is 4.00. The normalized spacial score (nSPS) is 10.8. The number of nitrogens with one attached hydrogen (secondary N) is 1. The summed E-state index contributed by atoms with van der Waals surface area (Å²) in [5, 5.41) is 4.19. The highest BCUT2D eigenvalue weighted by atomic mass is 35.5. The molecule has 2 rings (SSSR count). The predicted molar refractivity (Wildman–Crippen MR) is 65.3 cm³/mol. The van der Waals surface area contributed by atoms with Gasteiger partial charge in [-0.15, -0.1) is 0 Å². The first-order chi connectivity index (χ1) is 7.50. The van der Waals surface area contributed by atoms with Gasteiger partial charge in [0.25, 0.3) is 0 Å². The van der Waals surface area contributed by atoms with Gasteiger partial charge in [-0.2, -0.15) is 0 Å². The topological polar surface area (TPSA) is 42.2 Å². The molecule has 0 fully saturated rings. The Morgan fingerprint density at radius 1 is 1.38 bits per heavy atom. The van der Waals surface area contributed by atoms with E-state index >= 15 is 0 Å². The Labute approximate surface area is 102 Å². The average molecular weight is 258 g/mol. The van der Waals surface area contributed by atoms with Crippen LogP contribution in [0.25, 0.3) is 11.0 Å². The SMILES string of the molecule is CC(=O)Nc1c(Cl)ccc2oc(Cl)c(C)c12. The van der Waals surface area contributed by atoms with E-state index in [1.807, 2.05) is 6.92 Å². The largest absolute Gasteiger partial charge is 0.444 e. The second-order valence-electron chi connectivity index (χ2n) is 3.48. The predicted octanol–water partition coefficient (Wildman–Crippen LogP) is 4.01. The zero-order chi connectivity index (χ0) is 11.9. The van der Waals surface area contributed by atoms with Gasteiger partial charge in [-0.3, -0.25) is 4.79 Å². The number of anilines is 1. The van der Waals surface area contributed by atoms with E-state index in [2.05, 4.69) is 5.32 Å². The Kier molecular flexibility index (Phi) is 2.82. The number of fused-ring (bicyclic) bond motifs is 1. The third kappa shape index (κ3) is 1.77. The number of hydrogen-bond acceptors (Lipinski definition) is 2. The van der Waals surface area contributed by atoms with E-state index in [1.54, 1.807) is 12.1 Å². The summed E-state index contributed by atoms with van der Waals surface area (Å²) in [6.07, 6.45) is 0. The van der Waals surface area contributed by atoms with E-state index in [0.29, 0.717) is 21.5 Å². The van der Waals surface area contributed by atoms with E-state index in [9.17, 15) is 4.79 Å². The first-order valence-electron chi connectivity index (χ1n) is 4.65. The molecule has 0 aliphatic carbocycles. The fourth-order valence-electron chi connectivity index (χ4n) is 1.59. The maximum atomic E-state index is 11.1. The van der Waals surface area contributed by atoms with Crippen LogP contribution in [0.5, 0.6) is 0 Å². The molecular formula is C11H9Cl2NO2. The average Bonchev–Trinajstić information content (AvgIpc) is 2.48. The maximum absolute atomic E-state index is 11.1. The Hall–Kier alpha value is -1.19. The first-order valence-corrected chi connectivity index (χ1v) is 5.41. The van der Waals surface area contributed by atoms with Crippen LogP contribution in [0.2, 0.25) is 10.2 Å². The lowest BCUT2D eigenvalue weighted by Gasteiger charge is -2.06. The fraction of sp³-hybridized carbons (Fsp3) is 0.182. The van der Waals surface area contributed by atoms with Gasteiger partial charge in [-0.1, -0.05) is 11.6 Å². The molecule has 2 aromatic rings. The zero-order valence-electron chi connectivity index (χ0n) is 8.73. The Bertz CT molecular complexity index is 575. The van der Waals surface area contributed by atoms with Crippen LogP contribution in [0.15, 0.2) is 16.5 Å². The summed E-state index contributed by atoms with van der Waals surface area (Å²) in [6, 6.07) is 3.39. The number of benzene rings is 1. The zero-order valence-corrected chi connectivity index (χ0v) is 10.2. The van der Waals surface area contributed by atoms with E-state index in [-0.39, 0.29) is 5.91 Å². The molecule has 1 N–H and O–H groups in total. The van der Waals surface area contributed by atoms with Crippen molar-refractivity contribution < 1.29 is 9.21 Å². The second-order valence-corrected chi connectivity index (χ2v) is 4.23. The van der Waals surface area contributed by atoms with Crippen molar-refractivity contribution in [2.24, 2.45) is 0 Å². The molecule has 0 bridgehead atoms. The van der Waals surface area contributed by atoms with Gasteiger partial charge in [0.1, 0.15) is 5.58 Å². The molecule has 0 aliphatic rings. The molecule has 0 radical (unpaired) electrons. The fourth-order valence-corrected chi connectivity index (χ4v) is 1.97. The van der Waals surface area contributed by atoms with Crippen LogP contribution in [-0.2, 0) is 4.79 Å². The first kappa shape index (κ1) is 11.3.